The number of phosphoric ester groups is 2. The lowest BCUT2D eigenvalue weighted by molar-refractivity contribution is -0.161. The lowest BCUT2D eigenvalue weighted by Gasteiger charge is -2.21. The summed E-state index contributed by atoms with van der Waals surface area (Å²) in [7, 11) is -9.93. The van der Waals surface area contributed by atoms with Gasteiger partial charge in [-0.25, -0.2) is 9.13 Å². The molecular formula is C86H168O17P2. The van der Waals surface area contributed by atoms with Gasteiger partial charge in [0.1, 0.15) is 19.3 Å². The number of rotatable bonds is 84. The Hall–Kier alpha value is -1.94. The van der Waals surface area contributed by atoms with Gasteiger partial charge in [0.25, 0.3) is 0 Å². The van der Waals surface area contributed by atoms with Crippen molar-refractivity contribution in [2.45, 2.75) is 471 Å². The number of hydrogen-bond donors (Lipinski definition) is 3. The normalized spacial score (nSPS) is 13.9. The van der Waals surface area contributed by atoms with Gasteiger partial charge in [-0.05, 0) is 43.4 Å². The van der Waals surface area contributed by atoms with Crippen LogP contribution >= 0.6 is 15.6 Å². The van der Waals surface area contributed by atoms with E-state index in [1.807, 2.05) is 0 Å². The Balaban J connectivity index is 5.22. The van der Waals surface area contributed by atoms with Crippen molar-refractivity contribution in [3.8, 4) is 0 Å². The van der Waals surface area contributed by atoms with Crippen molar-refractivity contribution in [2.24, 2.45) is 17.8 Å². The summed E-state index contributed by atoms with van der Waals surface area (Å²) in [5, 5.41) is 10.7. The van der Waals surface area contributed by atoms with Gasteiger partial charge in [-0.15, -0.1) is 0 Å². The Labute approximate surface area is 645 Å². The Morgan fingerprint density at radius 3 is 0.648 bits per heavy atom. The zero-order chi connectivity index (χ0) is 77.2. The molecule has 0 rings (SSSR count). The summed E-state index contributed by atoms with van der Waals surface area (Å²) >= 11 is 0. The highest BCUT2D eigenvalue weighted by Gasteiger charge is 2.30. The third-order valence-corrected chi connectivity index (χ3v) is 22.0. The Kier molecular flexibility index (Phi) is 74.7. The third kappa shape index (κ3) is 79.9. The zero-order valence-electron chi connectivity index (χ0n) is 69.2. The summed E-state index contributed by atoms with van der Waals surface area (Å²) in [6.45, 7) is 12.0. The quantitative estimate of drug-likeness (QED) is 0.0222. The van der Waals surface area contributed by atoms with E-state index in [9.17, 15) is 43.2 Å². The number of hydrogen-bond acceptors (Lipinski definition) is 15. The number of aliphatic hydroxyl groups excluding tert-OH is 1. The van der Waals surface area contributed by atoms with Crippen LogP contribution in [0.3, 0.4) is 0 Å². The van der Waals surface area contributed by atoms with E-state index in [-0.39, 0.29) is 25.7 Å². The molecule has 19 heteroatoms. The van der Waals surface area contributed by atoms with Gasteiger partial charge in [0.15, 0.2) is 12.2 Å². The number of aliphatic hydroxyl groups is 1. The first-order valence-corrected chi connectivity index (χ1v) is 47.3. The van der Waals surface area contributed by atoms with Gasteiger partial charge >= 0.3 is 39.5 Å². The predicted octanol–water partition coefficient (Wildman–Crippen LogP) is 26.1. The number of carbonyl (C=O) groups excluding carboxylic acids is 4. The smallest absolute Gasteiger partial charge is 0.462 e. The molecule has 2 unspecified atom stereocenters. The van der Waals surface area contributed by atoms with E-state index in [1.165, 1.54) is 257 Å². The molecule has 0 saturated heterocycles. The lowest BCUT2D eigenvalue weighted by atomic mass is 10.0. The molecule has 0 aliphatic heterocycles. The molecule has 0 aromatic heterocycles. The second-order valence-electron chi connectivity index (χ2n) is 32.4. The zero-order valence-corrected chi connectivity index (χ0v) is 71.0. The number of unbranched alkanes of at least 4 members (excludes halogenated alkanes) is 52. The van der Waals surface area contributed by atoms with Gasteiger partial charge < -0.3 is 33.8 Å². The molecule has 0 bridgehead atoms. The second kappa shape index (κ2) is 76.1. The van der Waals surface area contributed by atoms with E-state index in [4.69, 9.17) is 37.0 Å². The van der Waals surface area contributed by atoms with Crippen molar-refractivity contribution in [3.05, 3.63) is 0 Å². The lowest BCUT2D eigenvalue weighted by Crippen LogP contribution is -2.30. The van der Waals surface area contributed by atoms with Crippen LogP contribution in [0.5, 0.6) is 0 Å². The molecule has 0 aliphatic rings. The second-order valence-corrected chi connectivity index (χ2v) is 35.3. The highest BCUT2D eigenvalue weighted by atomic mass is 31.2. The molecule has 0 aromatic carbocycles. The van der Waals surface area contributed by atoms with E-state index in [2.05, 4.69) is 48.5 Å². The largest absolute Gasteiger partial charge is 0.472 e. The maximum Gasteiger partial charge on any atom is 0.472 e. The molecule has 17 nitrogen and oxygen atoms in total. The van der Waals surface area contributed by atoms with Crippen molar-refractivity contribution < 1.29 is 80.2 Å². The summed E-state index contributed by atoms with van der Waals surface area (Å²) in [4.78, 5) is 73.2. The average Bonchev–Trinajstić information content (AvgIpc) is 0.913. The van der Waals surface area contributed by atoms with Crippen molar-refractivity contribution in [2.75, 3.05) is 39.6 Å². The molecular weight excluding hydrogens is 1370 g/mol. The van der Waals surface area contributed by atoms with Crippen LogP contribution in [0.25, 0.3) is 0 Å². The Bertz CT molecular complexity index is 2030. The van der Waals surface area contributed by atoms with Crippen LogP contribution in [0.15, 0.2) is 0 Å². The molecule has 0 aliphatic carbocycles. The topological polar surface area (TPSA) is 237 Å². The van der Waals surface area contributed by atoms with Gasteiger partial charge in [-0.2, -0.15) is 0 Å². The van der Waals surface area contributed by atoms with Crippen LogP contribution in [-0.4, -0.2) is 96.7 Å². The molecule has 5 atom stereocenters. The summed E-state index contributed by atoms with van der Waals surface area (Å²) < 4.78 is 68.9. The van der Waals surface area contributed by atoms with Crippen LogP contribution in [0, 0.1) is 17.8 Å². The maximum atomic E-state index is 13.1. The highest BCUT2D eigenvalue weighted by Crippen LogP contribution is 2.45. The number of esters is 4. The van der Waals surface area contributed by atoms with Crippen molar-refractivity contribution >= 4 is 39.5 Å². The monoisotopic (exact) mass is 1540 g/mol. The molecule has 105 heavy (non-hydrogen) atoms. The van der Waals surface area contributed by atoms with Crippen molar-refractivity contribution in [3.63, 3.8) is 0 Å². The molecule has 0 saturated carbocycles. The maximum absolute atomic E-state index is 13.1. The molecule has 0 heterocycles. The minimum absolute atomic E-state index is 0.107. The molecule has 624 valence electrons. The van der Waals surface area contributed by atoms with Crippen LogP contribution < -0.4 is 0 Å². The average molecular weight is 1540 g/mol. The minimum atomic E-state index is -4.97. The van der Waals surface area contributed by atoms with Gasteiger partial charge in [0.05, 0.1) is 26.4 Å². The van der Waals surface area contributed by atoms with Crippen molar-refractivity contribution in [1.82, 2.24) is 0 Å². The fourth-order valence-electron chi connectivity index (χ4n) is 13.4. The number of phosphoric acid groups is 2. The SMILES string of the molecule is CCCCCCCCCCCCCCCCCCCCCCCCC(=O)O[C@H](COC(=O)CCCCCCCCCCCCCCCCC(C)C)COP(=O)(O)OC[C@@H](O)COP(=O)(O)OC[C@@H](COC(=O)CCCCCCCCCC(C)C)OC(=O)CCCCCCCCCCCCCCCC(C)C. The first-order valence-electron chi connectivity index (χ1n) is 44.3. The Morgan fingerprint density at radius 1 is 0.257 bits per heavy atom. The molecule has 0 spiro atoms. The molecule has 0 radical (unpaired) electrons. The Morgan fingerprint density at radius 2 is 0.438 bits per heavy atom. The number of ether oxygens (including phenoxy) is 4. The fraction of sp³-hybridized carbons (Fsp3) is 0.953. The van der Waals surface area contributed by atoms with Gasteiger partial charge in [-0.1, -0.05) is 402 Å². The first kappa shape index (κ1) is 103. The van der Waals surface area contributed by atoms with E-state index in [0.29, 0.717) is 31.6 Å². The number of carbonyl (C=O) groups is 4. The summed E-state index contributed by atoms with van der Waals surface area (Å²) in [5.41, 5.74) is 0. The van der Waals surface area contributed by atoms with Crippen molar-refractivity contribution in [1.29, 1.82) is 0 Å². The summed E-state index contributed by atoms with van der Waals surface area (Å²) in [6.07, 6.45) is 66.8. The fourth-order valence-corrected chi connectivity index (χ4v) is 14.9. The summed E-state index contributed by atoms with van der Waals surface area (Å²) in [6, 6.07) is 0. The van der Waals surface area contributed by atoms with E-state index in [1.54, 1.807) is 0 Å². The molecule has 0 aromatic rings. The van der Waals surface area contributed by atoms with Crippen LogP contribution in [0.2, 0.25) is 0 Å². The highest BCUT2D eigenvalue weighted by molar-refractivity contribution is 7.47. The van der Waals surface area contributed by atoms with Crippen LogP contribution in [-0.2, 0) is 65.4 Å². The minimum Gasteiger partial charge on any atom is -0.462 e. The van der Waals surface area contributed by atoms with E-state index in [0.717, 1.165) is 108 Å². The van der Waals surface area contributed by atoms with E-state index < -0.39 is 97.5 Å². The standard InChI is InChI=1S/C86H168O17P2/c1-8-9-10-11-12-13-14-15-16-17-18-19-20-21-22-23-30-35-40-47-55-62-69-85(90)102-81(73-96-83(88)67-60-53-46-39-34-29-25-24-27-32-37-43-50-57-64-77(2)3)75-100-104(92,93)98-71-80(87)72-99-105(94,95)101-76-82(74-97-84(89)68-61-54-49-42-45-52-59-66-79(6)7)103-86(91)70-63-56-48-41-36-31-26-28-33-38-44-51-58-65-78(4)5/h77-82,87H,8-76H2,1-7H3,(H,92,93)(H,94,95)/t80-,81-,82-/m1/s1. The molecule has 3 N–H and O–H groups in total. The molecule has 0 fully saturated rings. The predicted molar refractivity (Wildman–Crippen MR) is 432 cm³/mol. The first-order chi connectivity index (χ1) is 50.7. The van der Waals surface area contributed by atoms with Gasteiger partial charge in [0.2, 0.25) is 0 Å². The van der Waals surface area contributed by atoms with Crippen LogP contribution in [0.1, 0.15) is 453 Å². The third-order valence-electron chi connectivity index (χ3n) is 20.1. The van der Waals surface area contributed by atoms with Gasteiger partial charge in [-0.3, -0.25) is 37.3 Å². The van der Waals surface area contributed by atoms with Crippen LogP contribution in [0.4, 0.5) is 0 Å². The van der Waals surface area contributed by atoms with E-state index >= 15 is 0 Å². The molecule has 0 amide bonds. The van der Waals surface area contributed by atoms with Gasteiger partial charge in [0, 0.05) is 25.7 Å². The summed E-state index contributed by atoms with van der Waals surface area (Å²) in [5.74, 6) is 0.184.